The van der Waals surface area contributed by atoms with Crippen LogP contribution in [0.1, 0.15) is 48.2 Å². The van der Waals surface area contributed by atoms with Crippen LogP contribution < -0.4 is 11.1 Å². The number of nitrogens with two attached hydrogens (primary N) is 1. The molecule has 20 heavy (non-hydrogen) atoms. The van der Waals surface area contributed by atoms with E-state index in [0.717, 1.165) is 11.1 Å². The van der Waals surface area contributed by atoms with E-state index < -0.39 is 0 Å². The molecule has 1 saturated carbocycles. The second-order valence-corrected chi connectivity index (χ2v) is 5.93. The third-order valence-electron chi connectivity index (χ3n) is 3.94. The number of carbonyl (C=O) groups is 1. The molecule has 0 spiro atoms. The molecule has 1 amide bonds. The third-order valence-corrected chi connectivity index (χ3v) is 3.94. The Balaban J connectivity index is 2.21. The summed E-state index contributed by atoms with van der Waals surface area (Å²) < 4.78 is 0. The zero-order chi connectivity index (χ0) is 14.8. The molecule has 1 aliphatic rings. The molecule has 1 fully saturated rings. The average molecular weight is 270 g/mol. The van der Waals surface area contributed by atoms with E-state index in [-0.39, 0.29) is 11.4 Å². The monoisotopic (exact) mass is 270 g/mol. The molecule has 0 aromatic heterocycles. The first-order valence-electron chi connectivity index (χ1n) is 7.07. The highest BCUT2D eigenvalue weighted by atomic mass is 16.1. The van der Waals surface area contributed by atoms with Crippen molar-refractivity contribution in [2.75, 3.05) is 6.54 Å². The summed E-state index contributed by atoms with van der Waals surface area (Å²) in [6.07, 6.45) is 2.41. The molecule has 3 N–H and O–H groups in total. The SMILES string of the molecule is Cc1c(C#CCN)cccc1C(=O)NC(C)(C)C1CC1. The van der Waals surface area contributed by atoms with Crippen LogP contribution in [0.4, 0.5) is 0 Å². The van der Waals surface area contributed by atoms with Crippen LogP contribution >= 0.6 is 0 Å². The molecule has 0 radical (unpaired) electrons. The standard InChI is InChI=1S/C17H22N2O/c1-12-13(7-5-11-18)6-4-8-15(12)16(20)19-17(2,3)14-9-10-14/h4,6,8,14H,9-11,18H2,1-3H3,(H,19,20). The highest BCUT2D eigenvalue weighted by Crippen LogP contribution is 2.39. The van der Waals surface area contributed by atoms with Gasteiger partial charge in [-0.3, -0.25) is 4.79 Å². The summed E-state index contributed by atoms with van der Waals surface area (Å²) in [5.41, 5.74) is 7.74. The van der Waals surface area contributed by atoms with E-state index in [4.69, 9.17) is 5.73 Å². The van der Waals surface area contributed by atoms with Gasteiger partial charge in [0.2, 0.25) is 0 Å². The van der Waals surface area contributed by atoms with Gasteiger partial charge in [0.1, 0.15) is 0 Å². The highest BCUT2D eigenvalue weighted by Gasteiger charge is 2.38. The maximum absolute atomic E-state index is 12.5. The Kier molecular flexibility index (Phi) is 4.15. The van der Waals surface area contributed by atoms with Crippen LogP contribution in [0.25, 0.3) is 0 Å². The van der Waals surface area contributed by atoms with Crippen molar-refractivity contribution < 1.29 is 4.79 Å². The van der Waals surface area contributed by atoms with Crippen molar-refractivity contribution in [1.82, 2.24) is 5.32 Å². The lowest BCUT2D eigenvalue weighted by atomic mass is 9.96. The van der Waals surface area contributed by atoms with E-state index in [1.807, 2.05) is 25.1 Å². The van der Waals surface area contributed by atoms with Gasteiger partial charge in [-0.2, -0.15) is 0 Å². The van der Waals surface area contributed by atoms with Gasteiger partial charge >= 0.3 is 0 Å². The lowest BCUT2D eigenvalue weighted by molar-refractivity contribution is 0.0902. The van der Waals surface area contributed by atoms with Crippen molar-refractivity contribution in [3.63, 3.8) is 0 Å². The van der Waals surface area contributed by atoms with E-state index in [1.54, 1.807) is 0 Å². The molecule has 1 aromatic rings. The minimum absolute atomic E-state index is 0.0178. The van der Waals surface area contributed by atoms with Gasteiger partial charge in [-0.15, -0.1) is 0 Å². The predicted octanol–water partition coefficient (Wildman–Crippen LogP) is 2.22. The number of amides is 1. The fourth-order valence-corrected chi connectivity index (χ4v) is 2.43. The molecule has 0 saturated heterocycles. The second kappa shape index (κ2) is 5.68. The van der Waals surface area contributed by atoms with E-state index in [1.165, 1.54) is 12.8 Å². The van der Waals surface area contributed by atoms with Crippen LogP contribution in [0.15, 0.2) is 18.2 Å². The quantitative estimate of drug-likeness (QED) is 0.828. The van der Waals surface area contributed by atoms with E-state index in [2.05, 4.69) is 31.0 Å². The van der Waals surface area contributed by atoms with Gasteiger partial charge in [0.05, 0.1) is 6.54 Å². The Morgan fingerprint density at radius 2 is 2.15 bits per heavy atom. The number of hydrogen-bond acceptors (Lipinski definition) is 2. The lowest BCUT2D eigenvalue weighted by Crippen LogP contribution is -2.45. The Morgan fingerprint density at radius 1 is 1.45 bits per heavy atom. The number of hydrogen-bond donors (Lipinski definition) is 2. The van der Waals surface area contributed by atoms with Gasteiger partial charge in [-0.05, 0) is 57.2 Å². The topological polar surface area (TPSA) is 55.1 Å². The molecule has 2 rings (SSSR count). The fourth-order valence-electron chi connectivity index (χ4n) is 2.43. The van der Waals surface area contributed by atoms with Crippen molar-refractivity contribution in [3.8, 4) is 11.8 Å². The molecular weight excluding hydrogens is 248 g/mol. The van der Waals surface area contributed by atoms with Crippen LogP contribution in [0, 0.1) is 24.7 Å². The Bertz CT molecular complexity index is 574. The summed E-state index contributed by atoms with van der Waals surface area (Å²) in [5, 5.41) is 3.15. The molecule has 3 nitrogen and oxygen atoms in total. The number of benzene rings is 1. The van der Waals surface area contributed by atoms with Crippen LogP contribution in [-0.4, -0.2) is 18.0 Å². The van der Waals surface area contributed by atoms with E-state index >= 15 is 0 Å². The molecule has 1 aliphatic carbocycles. The summed E-state index contributed by atoms with van der Waals surface area (Å²) >= 11 is 0. The minimum atomic E-state index is -0.136. The van der Waals surface area contributed by atoms with Crippen molar-refractivity contribution >= 4 is 5.91 Å². The van der Waals surface area contributed by atoms with Crippen molar-refractivity contribution in [2.45, 2.75) is 39.2 Å². The molecule has 0 atom stereocenters. The van der Waals surface area contributed by atoms with E-state index in [0.29, 0.717) is 18.0 Å². The zero-order valence-corrected chi connectivity index (χ0v) is 12.4. The molecule has 106 valence electrons. The number of nitrogens with one attached hydrogen (secondary N) is 1. The molecule has 0 unspecified atom stereocenters. The highest BCUT2D eigenvalue weighted by molar-refractivity contribution is 5.96. The van der Waals surface area contributed by atoms with Gasteiger partial charge < -0.3 is 11.1 Å². The zero-order valence-electron chi connectivity index (χ0n) is 12.4. The fraction of sp³-hybridized carbons (Fsp3) is 0.471. The maximum atomic E-state index is 12.5. The molecule has 0 aliphatic heterocycles. The normalized spacial score (nSPS) is 14.4. The Morgan fingerprint density at radius 3 is 2.75 bits per heavy atom. The van der Waals surface area contributed by atoms with Crippen LogP contribution in [0.3, 0.4) is 0 Å². The first-order chi connectivity index (χ1) is 9.45. The largest absolute Gasteiger partial charge is 0.347 e. The van der Waals surface area contributed by atoms with Gasteiger partial charge in [-0.1, -0.05) is 17.9 Å². The number of rotatable bonds is 3. The average Bonchev–Trinajstić information content (AvgIpc) is 3.21. The molecule has 3 heteroatoms. The van der Waals surface area contributed by atoms with Crippen molar-refractivity contribution in [1.29, 1.82) is 0 Å². The van der Waals surface area contributed by atoms with Crippen molar-refractivity contribution in [2.24, 2.45) is 11.7 Å². The summed E-state index contributed by atoms with van der Waals surface area (Å²) in [5.74, 6) is 6.43. The molecular formula is C17H22N2O. The van der Waals surface area contributed by atoms with Crippen LogP contribution in [0.2, 0.25) is 0 Å². The van der Waals surface area contributed by atoms with Crippen molar-refractivity contribution in [3.05, 3.63) is 34.9 Å². The third kappa shape index (κ3) is 3.20. The van der Waals surface area contributed by atoms with E-state index in [9.17, 15) is 4.79 Å². The summed E-state index contributed by atoms with van der Waals surface area (Å²) in [6, 6.07) is 5.63. The maximum Gasteiger partial charge on any atom is 0.252 e. The smallest absolute Gasteiger partial charge is 0.252 e. The lowest BCUT2D eigenvalue weighted by Gasteiger charge is -2.26. The minimum Gasteiger partial charge on any atom is -0.347 e. The number of carbonyl (C=O) groups excluding carboxylic acids is 1. The summed E-state index contributed by atoms with van der Waals surface area (Å²) in [6.45, 7) is 6.44. The Hall–Kier alpha value is -1.79. The molecule has 1 aromatic carbocycles. The van der Waals surface area contributed by atoms with Gasteiger partial charge in [-0.25, -0.2) is 0 Å². The summed E-state index contributed by atoms with van der Waals surface area (Å²) in [7, 11) is 0. The molecule has 0 bridgehead atoms. The molecule has 0 heterocycles. The van der Waals surface area contributed by atoms with Gasteiger partial charge in [0.15, 0.2) is 0 Å². The van der Waals surface area contributed by atoms with Gasteiger partial charge in [0.25, 0.3) is 5.91 Å². The predicted molar refractivity (Wildman–Crippen MR) is 81.4 cm³/mol. The van der Waals surface area contributed by atoms with Crippen LogP contribution in [0.5, 0.6) is 0 Å². The van der Waals surface area contributed by atoms with Crippen LogP contribution in [-0.2, 0) is 0 Å². The Labute approximate surface area is 120 Å². The second-order valence-electron chi connectivity index (χ2n) is 5.93. The summed E-state index contributed by atoms with van der Waals surface area (Å²) in [4.78, 5) is 12.5. The van der Waals surface area contributed by atoms with Gasteiger partial charge in [0, 0.05) is 16.7 Å². The first kappa shape index (κ1) is 14.6. The first-order valence-corrected chi connectivity index (χ1v) is 7.07.